The van der Waals surface area contributed by atoms with Gasteiger partial charge in [0.25, 0.3) is 0 Å². The monoisotopic (exact) mass is 274 g/mol. The third kappa shape index (κ3) is 3.38. The molecule has 2 nitrogen and oxygen atoms in total. The van der Waals surface area contributed by atoms with Crippen molar-refractivity contribution in [2.24, 2.45) is 0 Å². The van der Waals surface area contributed by atoms with Crippen molar-refractivity contribution < 1.29 is 10.2 Å². The minimum Gasteiger partial charge on any atom is -0.390 e. The maximum absolute atomic E-state index is 10.3. The second-order valence-corrected chi connectivity index (χ2v) is 4.92. The van der Waals surface area contributed by atoms with Crippen LogP contribution in [0.5, 0.6) is 0 Å². The zero-order chi connectivity index (χ0) is 13.7. The van der Waals surface area contributed by atoms with Gasteiger partial charge in [-0.25, -0.2) is 0 Å². The molecule has 2 unspecified atom stereocenters. The van der Waals surface area contributed by atoms with Crippen LogP contribution >= 0.6 is 12.6 Å². The van der Waals surface area contributed by atoms with E-state index in [4.69, 9.17) is 0 Å². The van der Waals surface area contributed by atoms with Crippen LogP contribution in [0.4, 0.5) is 0 Å². The van der Waals surface area contributed by atoms with E-state index in [-0.39, 0.29) is 0 Å². The van der Waals surface area contributed by atoms with E-state index < -0.39 is 12.2 Å². The first-order valence-electron chi connectivity index (χ1n) is 6.35. The van der Waals surface area contributed by atoms with E-state index >= 15 is 0 Å². The van der Waals surface area contributed by atoms with Gasteiger partial charge < -0.3 is 10.2 Å². The van der Waals surface area contributed by atoms with Gasteiger partial charge in [-0.05, 0) is 28.9 Å². The van der Waals surface area contributed by atoms with Crippen LogP contribution in [0.25, 0.3) is 11.1 Å². The fourth-order valence-corrected chi connectivity index (χ4v) is 2.40. The first-order valence-corrected chi connectivity index (χ1v) is 6.98. The van der Waals surface area contributed by atoms with Crippen molar-refractivity contribution in [3.63, 3.8) is 0 Å². The standard InChI is InChI=1S/C16H18O2S/c17-15(10-11-19)16(18)14-9-5-4-8-13(14)12-6-2-1-3-7-12/h1-9,15-19H,10-11H2. The Balaban J connectivity index is 2.36. The van der Waals surface area contributed by atoms with Crippen molar-refractivity contribution in [3.05, 3.63) is 60.2 Å². The summed E-state index contributed by atoms with van der Waals surface area (Å²) in [6.07, 6.45) is -1.21. The minimum atomic E-state index is -0.886. The van der Waals surface area contributed by atoms with E-state index in [0.717, 1.165) is 16.7 Å². The van der Waals surface area contributed by atoms with Crippen LogP contribution in [0.1, 0.15) is 18.1 Å². The summed E-state index contributed by atoms with van der Waals surface area (Å²) in [5.41, 5.74) is 2.74. The molecule has 0 aliphatic rings. The second-order valence-electron chi connectivity index (χ2n) is 4.48. The molecule has 0 aliphatic heterocycles. The molecule has 3 heteroatoms. The third-order valence-corrected chi connectivity index (χ3v) is 3.41. The molecule has 0 amide bonds. The van der Waals surface area contributed by atoms with E-state index in [9.17, 15) is 10.2 Å². The molecule has 0 spiro atoms. The molecule has 0 saturated carbocycles. The average Bonchev–Trinajstić information content (AvgIpc) is 2.47. The number of hydrogen-bond acceptors (Lipinski definition) is 3. The van der Waals surface area contributed by atoms with Gasteiger partial charge in [0.05, 0.1) is 6.10 Å². The fraction of sp³-hybridized carbons (Fsp3) is 0.250. The van der Waals surface area contributed by atoms with Gasteiger partial charge in [-0.15, -0.1) is 0 Å². The lowest BCUT2D eigenvalue weighted by Crippen LogP contribution is -2.19. The number of benzene rings is 2. The molecule has 0 aromatic heterocycles. The largest absolute Gasteiger partial charge is 0.390 e. The van der Waals surface area contributed by atoms with Gasteiger partial charge in [-0.1, -0.05) is 54.6 Å². The molecule has 2 aromatic rings. The highest BCUT2D eigenvalue weighted by molar-refractivity contribution is 7.80. The van der Waals surface area contributed by atoms with Gasteiger partial charge in [0.15, 0.2) is 0 Å². The summed E-state index contributed by atoms with van der Waals surface area (Å²) in [7, 11) is 0. The van der Waals surface area contributed by atoms with Crippen LogP contribution in [0.2, 0.25) is 0 Å². The SMILES string of the molecule is OC(CCS)C(O)c1ccccc1-c1ccccc1. The molecule has 2 atom stereocenters. The Morgan fingerprint density at radius 1 is 0.895 bits per heavy atom. The lowest BCUT2D eigenvalue weighted by atomic mass is 9.93. The molecular formula is C16H18O2S. The number of thiol groups is 1. The van der Waals surface area contributed by atoms with Gasteiger partial charge >= 0.3 is 0 Å². The molecule has 0 saturated heterocycles. The zero-order valence-corrected chi connectivity index (χ0v) is 11.5. The van der Waals surface area contributed by atoms with Crippen molar-refractivity contribution in [3.8, 4) is 11.1 Å². The normalized spacial score (nSPS) is 14.1. The third-order valence-electron chi connectivity index (χ3n) is 3.15. The van der Waals surface area contributed by atoms with Gasteiger partial charge in [-0.2, -0.15) is 12.6 Å². The van der Waals surface area contributed by atoms with E-state index in [2.05, 4.69) is 12.6 Å². The van der Waals surface area contributed by atoms with Crippen LogP contribution in [0.3, 0.4) is 0 Å². The number of rotatable bonds is 5. The molecule has 0 radical (unpaired) electrons. The first kappa shape index (κ1) is 14.1. The maximum Gasteiger partial charge on any atom is 0.105 e. The average molecular weight is 274 g/mol. The molecule has 0 heterocycles. The number of hydrogen-bond donors (Lipinski definition) is 3. The van der Waals surface area contributed by atoms with Crippen LogP contribution < -0.4 is 0 Å². The summed E-state index contributed by atoms with van der Waals surface area (Å²) in [4.78, 5) is 0. The fourth-order valence-electron chi connectivity index (χ4n) is 2.13. The lowest BCUT2D eigenvalue weighted by molar-refractivity contribution is 0.0176. The Morgan fingerprint density at radius 3 is 2.21 bits per heavy atom. The summed E-state index contributed by atoms with van der Waals surface area (Å²) in [6, 6.07) is 17.5. The molecule has 0 fully saturated rings. The topological polar surface area (TPSA) is 40.5 Å². The highest BCUT2D eigenvalue weighted by Crippen LogP contribution is 2.30. The number of aliphatic hydroxyl groups excluding tert-OH is 2. The smallest absolute Gasteiger partial charge is 0.105 e. The molecule has 0 bridgehead atoms. The molecule has 19 heavy (non-hydrogen) atoms. The van der Waals surface area contributed by atoms with E-state index in [1.54, 1.807) is 0 Å². The van der Waals surface area contributed by atoms with E-state index in [1.807, 2.05) is 54.6 Å². The molecular weight excluding hydrogens is 256 g/mol. The quantitative estimate of drug-likeness (QED) is 0.733. The van der Waals surface area contributed by atoms with Crippen LogP contribution in [-0.2, 0) is 0 Å². The Labute approximate surface area is 119 Å². The van der Waals surface area contributed by atoms with Gasteiger partial charge in [0.1, 0.15) is 6.10 Å². The predicted molar refractivity (Wildman–Crippen MR) is 81.3 cm³/mol. The Hall–Kier alpha value is -1.29. The molecule has 2 N–H and O–H groups in total. The van der Waals surface area contributed by atoms with Gasteiger partial charge in [0, 0.05) is 0 Å². The minimum absolute atomic E-state index is 0.466. The Bertz CT molecular complexity index is 513. The second kappa shape index (κ2) is 6.75. The summed E-state index contributed by atoms with van der Waals surface area (Å²) in [6.45, 7) is 0. The summed E-state index contributed by atoms with van der Waals surface area (Å²) >= 11 is 4.09. The summed E-state index contributed by atoms with van der Waals surface area (Å²) in [5, 5.41) is 20.2. The van der Waals surface area contributed by atoms with Crippen molar-refractivity contribution >= 4 is 12.6 Å². The van der Waals surface area contributed by atoms with E-state index in [0.29, 0.717) is 12.2 Å². The van der Waals surface area contributed by atoms with Crippen molar-refractivity contribution in [1.82, 2.24) is 0 Å². The van der Waals surface area contributed by atoms with Crippen molar-refractivity contribution in [1.29, 1.82) is 0 Å². The van der Waals surface area contributed by atoms with Crippen molar-refractivity contribution in [2.75, 3.05) is 5.75 Å². The van der Waals surface area contributed by atoms with Crippen LogP contribution in [0.15, 0.2) is 54.6 Å². The summed E-state index contributed by atoms with van der Waals surface area (Å²) < 4.78 is 0. The van der Waals surface area contributed by atoms with Crippen LogP contribution in [0, 0.1) is 0 Å². The molecule has 2 rings (SSSR count). The lowest BCUT2D eigenvalue weighted by Gasteiger charge is -2.20. The van der Waals surface area contributed by atoms with Gasteiger partial charge in [0.2, 0.25) is 0 Å². The predicted octanol–water partition coefficient (Wildman–Crippen LogP) is 3.07. The summed E-state index contributed by atoms with van der Waals surface area (Å²) in [5.74, 6) is 0.547. The molecule has 0 aliphatic carbocycles. The zero-order valence-electron chi connectivity index (χ0n) is 10.6. The number of aliphatic hydroxyl groups is 2. The Kier molecular flexibility index (Phi) is 5.02. The highest BCUT2D eigenvalue weighted by Gasteiger charge is 2.20. The highest BCUT2D eigenvalue weighted by atomic mass is 32.1. The maximum atomic E-state index is 10.3. The van der Waals surface area contributed by atoms with E-state index in [1.165, 1.54) is 0 Å². The van der Waals surface area contributed by atoms with Crippen molar-refractivity contribution in [2.45, 2.75) is 18.6 Å². The van der Waals surface area contributed by atoms with Gasteiger partial charge in [-0.3, -0.25) is 0 Å². The van der Waals surface area contributed by atoms with Crippen LogP contribution in [-0.4, -0.2) is 22.1 Å². The molecule has 100 valence electrons. The molecule has 2 aromatic carbocycles. The first-order chi connectivity index (χ1) is 9.24. The Morgan fingerprint density at radius 2 is 1.53 bits per heavy atom.